The van der Waals surface area contributed by atoms with Gasteiger partial charge in [-0.2, -0.15) is 0 Å². The van der Waals surface area contributed by atoms with Crippen LogP contribution in [0.4, 0.5) is 17.1 Å². The van der Waals surface area contributed by atoms with Gasteiger partial charge in [-0.1, -0.05) is 11.6 Å². The Morgan fingerprint density at radius 3 is 2.41 bits per heavy atom. The molecule has 0 saturated carbocycles. The standard InChI is InChI=1S/C19H18ClN3O4/c1-27-16-9-4-12(20)11-15(16)22-19(26)18(25)21-13-5-7-14(8-6-13)23-10-2-3-17(23)24/h4-9,11H,2-3,10H2,1H3,(H,21,25)(H,22,26). The van der Waals surface area contributed by atoms with Crippen molar-refractivity contribution in [3.8, 4) is 5.75 Å². The van der Waals surface area contributed by atoms with Gasteiger partial charge in [-0.25, -0.2) is 0 Å². The van der Waals surface area contributed by atoms with Gasteiger partial charge in [-0.05, 0) is 48.9 Å². The van der Waals surface area contributed by atoms with Crippen LogP contribution in [0.5, 0.6) is 5.75 Å². The number of carbonyl (C=O) groups is 3. The third-order valence-electron chi connectivity index (χ3n) is 4.13. The molecule has 1 heterocycles. The van der Waals surface area contributed by atoms with Crippen LogP contribution >= 0.6 is 11.6 Å². The van der Waals surface area contributed by atoms with Gasteiger partial charge >= 0.3 is 11.8 Å². The van der Waals surface area contributed by atoms with Crippen LogP contribution in [0.25, 0.3) is 0 Å². The summed E-state index contributed by atoms with van der Waals surface area (Å²) in [5.74, 6) is -1.21. The van der Waals surface area contributed by atoms with Gasteiger partial charge in [0.25, 0.3) is 0 Å². The quantitative estimate of drug-likeness (QED) is 0.789. The highest BCUT2D eigenvalue weighted by Crippen LogP contribution is 2.28. The number of nitrogens with zero attached hydrogens (tertiary/aromatic N) is 1. The van der Waals surface area contributed by atoms with Crippen molar-refractivity contribution < 1.29 is 19.1 Å². The van der Waals surface area contributed by atoms with Crippen LogP contribution < -0.4 is 20.3 Å². The molecule has 0 bridgehead atoms. The maximum atomic E-state index is 12.1. The van der Waals surface area contributed by atoms with Crippen LogP contribution in [0.3, 0.4) is 0 Å². The normalized spacial score (nSPS) is 13.4. The molecule has 0 spiro atoms. The van der Waals surface area contributed by atoms with Gasteiger partial charge in [0.05, 0.1) is 12.8 Å². The number of hydrogen-bond acceptors (Lipinski definition) is 4. The topological polar surface area (TPSA) is 87.7 Å². The molecule has 0 unspecified atom stereocenters. The fraction of sp³-hybridized carbons (Fsp3) is 0.211. The van der Waals surface area contributed by atoms with E-state index in [1.807, 2.05) is 0 Å². The van der Waals surface area contributed by atoms with Crippen LogP contribution in [0.15, 0.2) is 42.5 Å². The monoisotopic (exact) mass is 387 g/mol. The fourth-order valence-corrected chi connectivity index (χ4v) is 2.96. The van der Waals surface area contributed by atoms with Crippen molar-refractivity contribution in [1.82, 2.24) is 0 Å². The van der Waals surface area contributed by atoms with E-state index >= 15 is 0 Å². The first-order valence-electron chi connectivity index (χ1n) is 8.34. The van der Waals surface area contributed by atoms with Gasteiger partial charge in [0, 0.05) is 29.4 Å². The van der Waals surface area contributed by atoms with Crippen LogP contribution in [-0.4, -0.2) is 31.4 Å². The van der Waals surface area contributed by atoms with Gasteiger partial charge in [0.15, 0.2) is 0 Å². The summed E-state index contributed by atoms with van der Waals surface area (Å²) < 4.78 is 5.13. The minimum Gasteiger partial charge on any atom is -0.495 e. The molecule has 3 rings (SSSR count). The Bertz CT molecular complexity index is 883. The SMILES string of the molecule is COc1ccc(Cl)cc1NC(=O)C(=O)Nc1ccc(N2CCCC2=O)cc1. The highest BCUT2D eigenvalue weighted by atomic mass is 35.5. The Morgan fingerprint density at radius 2 is 1.78 bits per heavy atom. The first-order valence-corrected chi connectivity index (χ1v) is 8.72. The number of methoxy groups -OCH3 is 1. The van der Waals surface area contributed by atoms with E-state index < -0.39 is 11.8 Å². The largest absolute Gasteiger partial charge is 0.495 e. The molecule has 140 valence electrons. The summed E-state index contributed by atoms with van der Waals surface area (Å²) >= 11 is 5.91. The zero-order chi connectivity index (χ0) is 19.4. The fourth-order valence-electron chi connectivity index (χ4n) is 2.79. The molecule has 7 nitrogen and oxygen atoms in total. The van der Waals surface area contributed by atoms with E-state index in [4.69, 9.17) is 16.3 Å². The van der Waals surface area contributed by atoms with Crippen molar-refractivity contribution in [2.24, 2.45) is 0 Å². The number of amides is 3. The van der Waals surface area contributed by atoms with Crippen LogP contribution in [-0.2, 0) is 14.4 Å². The molecule has 2 aromatic carbocycles. The molecule has 8 heteroatoms. The average molecular weight is 388 g/mol. The lowest BCUT2D eigenvalue weighted by Gasteiger charge is -2.16. The minimum absolute atomic E-state index is 0.0848. The molecule has 1 saturated heterocycles. The summed E-state index contributed by atoms with van der Waals surface area (Å²) in [6, 6.07) is 11.5. The summed E-state index contributed by atoms with van der Waals surface area (Å²) in [6.07, 6.45) is 1.39. The zero-order valence-corrected chi connectivity index (χ0v) is 15.4. The molecular weight excluding hydrogens is 370 g/mol. The molecule has 1 aliphatic rings. The van der Waals surface area contributed by atoms with E-state index in [2.05, 4.69) is 10.6 Å². The Labute approximate surface area is 161 Å². The second-order valence-corrected chi connectivity index (χ2v) is 6.39. The lowest BCUT2D eigenvalue weighted by Crippen LogP contribution is -2.29. The Hall–Kier alpha value is -3.06. The Morgan fingerprint density at radius 1 is 1.07 bits per heavy atom. The lowest BCUT2D eigenvalue weighted by molar-refractivity contribution is -0.133. The molecule has 1 fully saturated rings. The molecule has 0 radical (unpaired) electrons. The summed E-state index contributed by atoms with van der Waals surface area (Å²) in [6.45, 7) is 0.689. The van der Waals surface area contributed by atoms with E-state index in [0.29, 0.717) is 35.1 Å². The van der Waals surface area contributed by atoms with Gasteiger partial charge in [0.1, 0.15) is 5.75 Å². The van der Waals surface area contributed by atoms with Crippen molar-refractivity contribution in [2.45, 2.75) is 12.8 Å². The number of halogens is 1. The van der Waals surface area contributed by atoms with Crippen molar-refractivity contribution in [3.63, 3.8) is 0 Å². The van der Waals surface area contributed by atoms with Gasteiger partial charge < -0.3 is 20.3 Å². The summed E-state index contributed by atoms with van der Waals surface area (Å²) in [7, 11) is 1.45. The van der Waals surface area contributed by atoms with E-state index in [1.54, 1.807) is 41.3 Å². The second kappa shape index (κ2) is 8.09. The molecule has 2 N–H and O–H groups in total. The third-order valence-corrected chi connectivity index (χ3v) is 4.36. The van der Waals surface area contributed by atoms with E-state index in [9.17, 15) is 14.4 Å². The lowest BCUT2D eigenvalue weighted by atomic mass is 10.2. The number of rotatable bonds is 4. The number of nitrogens with one attached hydrogen (secondary N) is 2. The van der Waals surface area contributed by atoms with Crippen molar-refractivity contribution in [1.29, 1.82) is 0 Å². The van der Waals surface area contributed by atoms with Gasteiger partial charge in [0.2, 0.25) is 5.91 Å². The minimum atomic E-state index is -0.852. The number of carbonyl (C=O) groups excluding carboxylic acids is 3. The number of hydrogen-bond donors (Lipinski definition) is 2. The maximum absolute atomic E-state index is 12.1. The number of anilines is 3. The van der Waals surface area contributed by atoms with Crippen LogP contribution in [0.2, 0.25) is 5.02 Å². The summed E-state index contributed by atoms with van der Waals surface area (Å²) in [5.41, 5.74) is 1.51. The molecule has 0 atom stereocenters. The second-order valence-electron chi connectivity index (χ2n) is 5.95. The molecule has 2 aromatic rings. The highest BCUT2D eigenvalue weighted by molar-refractivity contribution is 6.44. The molecule has 1 aliphatic heterocycles. The van der Waals surface area contributed by atoms with E-state index in [-0.39, 0.29) is 5.91 Å². The van der Waals surface area contributed by atoms with Gasteiger partial charge in [-0.3, -0.25) is 14.4 Å². The highest BCUT2D eigenvalue weighted by Gasteiger charge is 2.22. The van der Waals surface area contributed by atoms with Crippen molar-refractivity contribution in [2.75, 3.05) is 29.2 Å². The van der Waals surface area contributed by atoms with E-state index in [0.717, 1.165) is 12.1 Å². The first-order chi connectivity index (χ1) is 13.0. The Kier molecular flexibility index (Phi) is 5.61. The van der Waals surface area contributed by atoms with Crippen LogP contribution in [0.1, 0.15) is 12.8 Å². The molecule has 27 heavy (non-hydrogen) atoms. The van der Waals surface area contributed by atoms with Crippen molar-refractivity contribution >= 4 is 46.4 Å². The predicted molar refractivity (Wildman–Crippen MR) is 103 cm³/mol. The Balaban J connectivity index is 1.64. The maximum Gasteiger partial charge on any atom is 0.314 e. The molecule has 0 aromatic heterocycles. The predicted octanol–water partition coefficient (Wildman–Crippen LogP) is 3.05. The number of ether oxygens (including phenoxy) is 1. The molecule has 0 aliphatic carbocycles. The molecular formula is C19H18ClN3O4. The summed E-state index contributed by atoms with van der Waals surface area (Å²) in [5, 5.41) is 5.39. The first kappa shape index (κ1) is 18.7. The third kappa shape index (κ3) is 4.38. The van der Waals surface area contributed by atoms with Crippen molar-refractivity contribution in [3.05, 3.63) is 47.5 Å². The summed E-state index contributed by atoms with van der Waals surface area (Å²) in [4.78, 5) is 37.7. The molecule has 3 amide bonds. The smallest absolute Gasteiger partial charge is 0.314 e. The van der Waals surface area contributed by atoms with Crippen LogP contribution in [0, 0.1) is 0 Å². The number of benzene rings is 2. The van der Waals surface area contributed by atoms with Gasteiger partial charge in [-0.15, -0.1) is 0 Å². The van der Waals surface area contributed by atoms with E-state index in [1.165, 1.54) is 13.2 Å². The zero-order valence-electron chi connectivity index (χ0n) is 14.6. The average Bonchev–Trinajstić information content (AvgIpc) is 3.08.